The number of hydrogen-bond acceptors (Lipinski definition) is 2. The SMILES string of the molecule is NC(=O)C1(O)CCC(c2ccccc2)CC1. The molecule has 1 aliphatic carbocycles. The number of benzene rings is 1. The summed E-state index contributed by atoms with van der Waals surface area (Å²) in [7, 11) is 0. The lowest BCUT2D eigenvalue weighted by atomic mass is 9.76. The number of aliphatic hydroxyl groups is 1. The maximum absolute atomic E-state index is 11.1. The standard InChI is InChI=1S/C13H17NO2/c14-12(15)13(16)8-6-11(7-9-13)10-4-2-1-3-5-10/h1-5,11,16H,6-9H2,(H2,14,15). The Bertz CT molecular complexity index is 367. The van der Waals surface area contributed by atoms with Crippen LogP contribution in [0.3, 0.4) is 0 Å². The molecular weight excluding hydrogens is 202 g/mol. The van der Waals surface area contributed by atoms with Crippen LogP contribution in [-0.4, -0.2) is 16.6 Å². The zero-order chi connectivity index (χ0) is 11.6. The summed E-state index contributed by atoms with van der Waals surface area (Å²) in [4.78, 5) is 11.1. The van der Waals surface area contributed by atoms with Crippen LogP contribution in [0.2, 0.25) is 0 Å². The van der Waals surface area contributed by atoms with Crippen LogP contribution in [-0.2, 0) is 4.79 Å². The summed E-state index contributed by atoms with van der Waals surface area (Å²) < 4.78 is 0. The topological polar surface area (TPSA) is 63.3 Å². The van der Waals surface area contributed by atoms with Gasteiger partial charge in [-0.1, -0.05) is 30.3 Å². The molecule has 0 spiro atoms. The fourth-order valence-electron chi connectivity index (χ4n) is 2.40. The molecule has 16 heavy (non-hydrogen) atoms. The molecule has 1 aromatic carbocycles. The molecule has 0 bridgehead atoms. The lowest BCUT2D eigenvalue weighted by molar-refractivity contribution is -0.139. The molecule has 1 fully saturated rings. The van der Waals surface area contributed by atoms with Crippen LogP contribution in [0.1, 0.15) is 37.2 Å². The van der Waals surface area contributed by atoms with Crippen molar-refractivity contribution < 1.29 is 9.90 Å². The molecule has 0 unspecified atom stereocenters. The summed E-state index contributed by atoms with van der Waals surface area (Å²) in [5.41, 5.74) is 5.21. The van der Waals surface area contributed by atoms with Gasteiger partial charge in [-0.05, 0) is 37.2 Å². The number of carbonyl (C=O) groups excluding carboxylic acids is 1. The Kier molecular flexibility index (Phi) is 2.97. The Morgan fingerprint density at radius 2 is 1.81 bits per heavy atom. The van der Waals surface area contributed by atoms with Gasteiger partial charge >= 0.3 is 0 Å². The van der Waals surface area contributed by atoms with Crippen molar-refractivity contribution in [1.29, 1.82) is 0 Å². The third kappa shape index (κ3) is 2.09. The monoisotopic (exact) mass is 219 g/mol. The second-order valence-corrected chi connectivity index (χ2v) is 4.58. The molecule has 1 amide bonds. The first-order valence-electron chi connectivity index (χ1n) is 5.69. The number of nitrogens with two attached hydrogens (primary N) is 1. The molecule has 86 valence electrons. The first-order valence-corrected chi connectivity index (χ1v) is 5.69. The smallest absolute Gasteiger partial charge is 0.249 e. The van der Waals surface area contributed by atoms with E-state index < -0.39 is 11.5 Å². The molecule has 1 aromatic rings. The van der Waals surface area contributed by atoms with E-state index >= 15 is 0 Å². The van der Waals surface area contributed by atoms with E-state index in [4.69, 9.17) is 5.73 Å². The van der Waals surface area contributed by atoms with Gasteiger partial charge in [-0.25, -0.2) is 0 Å². The van der Waals surface area contributed by atoms with Gasteiger partial charge in [0.25, 0.3) is 0 Å². The molecule has 2 rings (SSSR count). The summed E-state index contributed by atoms with van der Waals surface area (Å²) in [5, 5.41) is 9.94. The van der Waals surface area contributed by atoms with E-state index in [-0.39, 0.29) is 0 Å². The van der Waals surface area contributed by atoms with Crippen LogP contribution in [0.4, 0.5) is 0 Å². The fraction of sp³-hybridized carbons (Fsp3) is 0.462. The molecule has 3 heteroatoms. The van der Waals surface area contributed by atoms with Gasteiger partial charge < -0.3 is 10.8 Å². The minimum Gasteiger partial charge on any atom is -0.380 e. The second kappa shape index (κ2) is 4.26. The van der Waals surface area contributed by atoms with Crippen LogP contribution < -0.4 is 5.73 Å². The Hall–Kier alpha value is -1.35. The van der Waals surface area contributed by atoms with Crippen molar-refractivity contribution in [3.63, 3.8) is 0 Å². The van der Waals surface area contributed by atoms with E-state index in [0.29, 0.717) is 18.8 Å². The fourth-order valence-corrected chi connectivity index (χ4v) is 2.40. The predicted octanol–water partition coefficient (Wildman–Crippen LogP) is 1.56. The zero-order valence-corrected chi connectivity index (χ0v) is 9.23. The van der Waals surface area contributed by atoms with E-state index in [1.165, 1.54) is 5.56 Å². The van der Waals surface area contributed by atoms with Crippen molar-refractivity contribution in [3.05, 3.63) is 35.9 Å². The van der Waals surface area contributed by atoms with Gasteiger partial charge in [-0.15, -0.1) is 0 Å². The van der Waals surface area contributed by atoms with Gasteiger partial charge in [0, 0.05) is 0 Å². The highest BCUT2D eigenvalue weighted by atomic mass is 16.3. The molecule has 3 N–H and O–H groups in total. The number of hydrogen-bond donors (Lipinski definition) is 2. The minimum atomic E-state index is -1.27. The van der Waals surface area contributed by atoms with Crippen molar-refractivity contribution in [1.82, 2.24) is 0 Å². The lowest BCUT2D eigenvalue weighted by Gasteiger charge is -2.33. The normalized spacial score (nSPS) is 29.9. The quantitative estimate of drug-likeness (QED) is 0.792. The van der Waals surface area contributed by atoms with Gasteiger partial charge in [0.05, 0.1) is 0 Å². The van der Waals surface area contributed by atoms with Crippen molar-refractivity contribution in [3.8, 4) is 0 Å². The van der Waals surface area contributed by atoms with Crippen LogP contribution in [0.5, 0.6) is 0 Å². The number of primary amides is 1. The molecule has 1 aliphatic rings. The van der Waals surface area contributed by atoms with Crippen molar-refractivity contribution in [2.24, 2.45) is 5.73 Å². The lowest BCUT2D eigenvalue weighted by Crippen LogP contribution is -2.46. The maximum atomic E-state index is 11.1. The third-order valence-electron chi connectivity index (χ3n) is 3.54. The molecular formula is C13H17NO2. The maximum Gasteiger partial charge on any atom is 0.249 e. The summed E-state index contributed by atoms with van der Waals surface area (Å²) in [6, 6.07) is 10.2. The Balaban J connectivity index is 2.03. The van der Waals surface area contributed by atoms with E-state index in [1.54, 1.807) is 0 Å². The Morgan fingerprint density at radius 3 is 2.31 bits per heavy atom. The van der Waals surface area contributed by atoms with Crippen molar-refractivity contribution in [2.45, 2.75) is 37.2 Å². The molecule has 0 saturated heterocycles. The number of amides is 1. The van der Waals surface area contributed by atoms with Crippen LogP contribution in [0, 0.1) is 0 Å². The van der Waals surface area contributed by atoms with Crippen LogP contribution in [0.15, 0.2) is 30.3 Å². The average Bonchev–Trinajstić information content (AvgIpc) is 2.31. The molecule has 3 nitrogen and oxygen atoms in total. The van der Waals surface area contributed by atoms with E-state index in [2.05, 4.69) is 12.1 Å². The van der Waals surface area contributed by atoms with Crippen LogP contribution in [0.25, 0.3) is 0 Å². The highest BCUT2D eigenvalue weighted by Gasteiger charge is 2.38. The average molecular weight is 219 g/mol. The van der Waals surface area contributed by atoms with Crippen molar-refractivity contribution in [2.75, 3.05) is 0 Å². The predicted molar refractivity (Wildman–Crippen MR) is 61.8 cm³/mol. The first kappa shape index (κ1) is 11.1. The van der Waals surface area contributed by atoms with Gasteiger partial charge in [0.2, 0.25) is 5.91 Å². The van der Waals surface area contributed by atoms with E-state index in [1.807, 2.05) is 18.2 Å². The van der Waals surface area contributed by atoms with Gasteiger partial charge in [-0.3, -0.25) is 4.79 Å². The number of carbonyl (C=O) groups is 1. The molecule has 0 atom stereocenters. The van der Waals surface area contributed by atoms with Gasteiger partial charge in [-0.2, -0.15) is 0 Å². The summed E-state index contributed by atoms with van der Waals surface area (Å²) in [6.07, 6.45) is 2.59. The van der Waals surface area contributed by atoms with E-state index in [9.17, 15) is 9.90 Å². The van der Waals surface area contributed by atoms with E-state index in [0.717, 1.165) is 12.8 Å². The minimum absolute atomic E-state index is 0.445. The largest absolute Gasteiger partial charge is 0.380 e. The van der Waals surface area contributed by atoms with Crippen LogP contribution >= 0.6 is 0 Å². The molecule has 0 aromatic heterocycles. The molecule has 0 heterocycles. The zero-order valence-electron chi connectivity index (χ0n) is 9.23. The van der Waals surface area contributed by atoms with Gasteiger partial charge in [0.1, 0.15) is 5.60 Å². The first-order chi connectivity index (χ1) is 7.62. The summed E-state index contributed by atoms with van der Waals surface area (Å²) >= 11 is 0. The van der Waals surface area contributed by atoms with Gasteiger partial charge in [0.15, 0.2) is 0 Å². The highest BCUT2D eigenvalue weighted by molar-refractivity contribution is 5.83. The molecule has 0 aliphatic heterocycles. The summed E-state index contributed by atoms with van der Waals surface area (Å²) in [5.74, 6) is -0.139. The highest BCUT2D eigenvalue weighted by Crippen LogP contribution is 2.37. The number of rotatable bonds is 2. The summed E-state index contributed by atoms with van der Waals surface area (Å²) in [6.45, 7) is 0. The van der Waals surface area contributed by atoms with Crippen molar-refractivity contribution >= 4 is 5.91 Å². The Morgan fingerprint density at radius 1 is 1.25 bits per heavy atom. The third-order valence-corrected chi connectivity index (χ3v) is 3.54. The second-order valence-electron chi connectivity index (χ2n) is 4.58. The Labute approximate surface area is 95.3 Å². The molecule has 0 radical (unpaired) electrons. The molecule has 1 saturated carbocycles.